The van der Waals surface area contributed by atoms with Crippen LogP contribution in [0.4, 0.5) is 0 Å². The van der Waals surface area contributed by atoms with E-state index in [1.165, 1.54) is 19.3 Å². The number of Topliss-reactive ketones (excluding diaryl/α,β-unsaturated/α-hetero) is 1. The van der Waals surface area contributed by atoms with Crippen molar-refractivity contribution in [3.05, 3.63) is 12.2 Å². The van der Waals surface area contributed by atoms with Crippen LogP contribution in [0.25, 0.3) is 0 Å². The van der Waals surface area contributed by atoms with Gasteiger partial charge in [0.2, 0.25) is 6.08 Å². The fourth-order valence-corrected chi connectivity index (χ4v) is 5.85. The molecule has 1 aliphatic rings. The highest BCUT2D eigenvalue weighted by Crippen LogP contribution is 2.40. The van der Waals surface area contributed by atoms with Gasteiger partial charge in [0.15, 0.2) is 8.32 Å². The van der Waals surface area contributed by atoms with Crippen LogP contribution in [-0.2, 0) is 14.0 Å². The van der Waals surface area contributed by atoms with E-state index in [1.807, 2.05) is 0 Å². The average molecular weight is 464 g/mol. The van der Waals surface area contributed by atoms with Crippen LogP contribution in [0.2, 0.25) is 18.1 Å². The number of carbonyl (C=O) groups excluding carboxylic acids is 2. The number of ketones is 1. The summed E-state index contributed by atoms with van der Waals surface area (Å²) in [5.41, 5.74) is -0.771. The summed E-state index contributed by atoms with van der Waals surface area (Å²) < 4.78 is 6.30. The van der Waals surface area contributed by atoms with Gasteiger partial charge in [-0.05, 0) is 80.8 Å². The van der Waals surface area contributed by atoms with Crippen LogP contribution < -0.4 is 0 Å². The molecule has 1 saturated carbocycles. The van der Waals surface area contributed by atoms with E-state index in [9.17, 15) is 9.59 Å². The Kier molecular flexibility index (Phi) is 11.3. The second-order valence-corrected chi connectivity index (χ2v) is 16.9. The molecule has 0 bridgehead atoms. The molecule has 4 nitrogen and oxygen atoms in total. The molecule has 0 aromatic carbocycles. The largest absolute Gasteiger partial charge is 0.417 e. The van der Waals surface area contributed by atoms with Gasteiger partial charge in [0.1, 0.15) is 5.78 Å². The van der Waals surface area contributed by atoms with Crippen LogP contribution in [0.15, 0.2) is 17.1 Å². The van der Waals surface area contributed by atoms with Crippen molar-refractivity contribution in [2.24, 2.45) is 28.7 Å². The number of isocyanates is 1. The van der Waals surface area contributed by atoms with E-state index in [-0.39, 0.29) is 17.2 Å². The lowest BCUT2D eigenvalue weighted by molar-refractivity contribution is -0.117. The van der Waals surface area contributed by atoms with Crippen LogP contribution in [0.5, 0.6) is 0 Å². The van der Waals surface area contributed by atoms with Crippen molar-refractivity contribution in [1.29, 1.82) is 0 Å². The first-order valence-corrected chi connectivity index (χ1v) is 15.6. The van der Waals surface area contributed by atoms with Crippen LogP contribution in [0.1, 0.15) is 93.4 Å². The van der Waals surface area contributed by atoms with Gasteiger partial charge in [0, 0.05) is 13.0 Å². The first kappa shape index (κ1) is 29.0. The molecular formula is C27H49NO3Si. The molecule has 5 heteroatoms. The molecule has 32 heavy (non-hydrogen) atoms. The Bertz CT molecular complexity index is 673. The molecule has 1 rings (SSSR count). The molecular weight excluding hydrogens is 414 g/mol. The van der Waals surface area contributed by atoms with E-state index in [2.05, 4.69) is 71.8 Å². The second-order valence-electron chi connectivity index (χ2n) is 12.1. The van der Waals surface area contributed by atoms with Gasteiger partial charge in [0.05, 0.1) is 5.54 Å². The molecule has 1 aliphatic carbocycles. The number of nitrogens with zero attached hydrogens (tertiary/aromatic N) is 1. The monoisotopic (exact) mass is 463 g/mol. The van der Waals surface area contributed by atoms with E-state index in [4.69, 9.17) is 4.43 Å². The maximum atomic E-state index is 12.1. The minimum atomic E-state index is -1.76. The van der Waals surface area contributed by atoms with Gasteiger partial charge in [-0.25, -0.2) is 4.79 Å². The molecule has 0 aromatic heterocycles. The Morgan fingerprint density at radius 3 is 2.41 bits per heavy atom. The normalized spacial score (nSPS) is 24.4. The Balaban J connectivity index is 2.91. The van der Waals surface area contributed by atoms with Crippen molar-refractivity contribution in [3.63, 3.8) is 0 Å². The number of unbranched alkanes of at least 4 members (excludes halogenated alkanes) is 1. The lowest BCUT2D eigenvalue weighted by Gasteiger charge is -2.36. The summed E-state index contributed by atoms with van der Waals surface area (Å²) in [6.45, 7) is 20.5. The third kappa shape index (κ3) is 9.07. The number of aliphatic imine (C=N–C) groups is 1. The molecule has 0 aromatic rings. The summed E-state index contributed by atoms with van der Waals surface area (Å²) in [7, 11) is -1.76. The number of allylic oxidation sites excluding steroid dienone is 1. The van der Waals surface area contributed by atoms with E-state index >= 15 is 0 Å². The number of rotatable bonds is 12. The Hall–Kier alpha value is -1.03. The second kappa shape index (κ2) is 12.4. The number of hydrogen-bond donors (Lipinski definition) is 0. The zero-order valence-electron chi connectivity index (χ0n) is 22.3. The van der Waals surface area contributed by atoms with Gasteiger partial charge < -0.3 is 4.43 Å². The van der Waals surface area contributed by atoms with Crippen LogP contribution in [0, 0.1) is 23.7 Å². The number of carbonyl (C=O) groups is 1. The minimum absolute atomic E-state index is 0.0589. The first-order valence-electron chi connectivity index (χ1n) is 12.6. The molecule has 1 fully saturated rings. The summed E-state index contributed by atoms with van der Waals surface area (Å²) in [6, 6.07) is 0. The molecule has 0 spiro atoms. The SMILES string of the molecule is CC(=O)C[C@@](/C=C/[C@@H]1C[C@H](C)CC[C@H]1C(C)C)(CCCCO[Si](C)(C)C(C)(C)C)N=C=O. The fraction of sp³-hybridized carbons (Fsp3) is 0.852. The van der Waals surface area contributed by atoms with Crippen molar-refractivity contribution < 1.29 is 14.0 Å². The van der Waals surface area contributed by atoms with Crippen molar-refractivity contribution in [2.45, 2.75) is 117 Å². The lowest BCUT2D eigenvalue weighted by atomic mass is 9.69. The first-order chi connectivity index (χ1) is 14.7. The van der Waals surface area contributed by atoms with E-state index < -0.39 is 13.9 Å². The maximum Gasteiger partial charge on any atom is 0.235 e. The van der Waals surface area contributed by atoms with E-state index in [0.717, 1.165) is 19.4 Å². The van der Waals surface area contributed by atoms with Crippen molar-refractivity contribution in [2.75, 3.05) is 6.61 Å². The molecule has 0 N–H and O–H groups in total. The fourth-order valence-electron chi connectivity index (χ4n) is 4.76. The molecule has 4 atom stereocenters. The molecule has 0 aliphatic heterocycles. The Morgan fingerprint density at radius 2 is 1.88 bits per heavy atom. The molecule has 0 amide bonds. The highest BCUT2D eigenvalue weighted by atomic mass is 28.4. The summed E-state index contributed by atoms with van der Waals surface area (Å²) in [5, 5.41) is 0.194. The average Bonchev–Trinajstić information content (AvgIpc) is 2.64. The van der Waals surface area contributed by atoms with Crippen LogP contribution >= 0.6 is 0 Å². The lowest BCUT2D eigenvalue weighted by Crippen LogP contribution is -2.41. The third-order valence-corrected chi connectivity index (χ3v) is 12.4. The van der Waals surface area contributed by atoms with Crippen LogP contribution in [-0.4, -0.2) is 32.3 Å². The van der Waals surface area contributed by atoms with Gasteiger partial charge in [0.25, 0.3) is 0 Å². The smallest absolute Gasteiger partial charge is 0.235 e. The molecule has 0 heterocycles. The topological polar surface area (TPSA) is 55.7 Å². The minimum Gasteiger partial charge on any atom is -0.417 e. The van der Waals surface area contributed by atoms with Crippen LogP contribution in [0.3, 0.4) is 0 Å². The van der Waals surface area contributed by atoms with Crippen molar-refractivity contribution >= 4 is 20.2 Å². The van der Waals surface area contributed by atoms with E-state index in [0.29, 0.717) is 30.1 Å². The summed E-state index contributed by atoms with van der Waals surface area (Å²) in [6.07, 6.45) is 12.5. The van der Waals surface area contributed by atoms with Gasteiger partial charge in [-0.2, -0.15) is 4.99 Å². The zero-order valence-corrected chi connectivity index (χ0v) is 23.3. The summed E-state index contributed by atoms with van der Waals surface area (Å²) in [5.74, 6) is 2.53. The quantitative estimate of drug-likeness (QED) is 0.0989. The Morgan fingerprint density at radius 1 is 1.22 bits per heavy atom. The number of hydrogen-bond acceptors (Lipinski definition) is 4. The molecule has 0 saturated heterocycles. The van der Waals surface area contributed by atoms with Crippen molar-refractivity contribution in [3.8, 4) is 0 Å². The highest BCUT2D eigenvalue weighted by molar-refractivity contribution is 6.74. The predicted molar refractivity (Wildman–Crippen MR) is 137 cm³/mol. The highest BCUT2D eigenvalue weighted by Gasteiger charge is 2.37. The van der Waals surface area contributed by atoms with Gasteiger partial charge in [-0.1, -0.05) is 60.1 Å². The molecule has 0 radical (unpaired) electrons. The maximum absolute atomic E-state index is 12.1. The Labute approximate surface area is 198 Å². The van der Waals surface area contributed by atoms with E-state index in [1.54, 1.807) is 13.0 Å². The molecule has 184 valence electrons. The summed E-state index contributed by atoms with van der Waals surface area (Å²) in [4.78, 5) is 27.7. The van der Waals surface area contributed by atoms with Gasteiger partial charge in [-0.15, -0.1) is 0 Å². The third-order valence-electron chi connectivity index (χ3n) is 7.82. The summed E-state index contributed by atoms with van der Waals surface area (Å²) >= 11 is 0. The van der Waals surface area contributed by atoms with Crippen molar-refractivity contribution in [1.82, 2.24) is 0 Å². The predicted octanol–water partition coefficient (Wildman–Crippen LogP) is 7.50. The standard InChI is InChI=1S/C27H49NO3Si/c1-21(2)25-13-12-22(3)18-24(25)14-16-27(28-20-29,19-23(4)30)15-10-11-17-31-32(8,9)26(5,6)7/h14,16,21-22,24-25H,10-13,15,17-19H2,1-9H3/b16-14+/t22-,24-,25+,27+/m1/s1. The van der Waals surface area contributed by atoms with Gasteiger partial charge >= 0.3 is 0 Å². The zero-order chi connectivity index (χ0) is 24.6. The molecule has 0 unspecified atom stereocenters. The van der Waals surface area contributed by atoms with Gasteiger partial charge in [-0.3, -0.25) is 4.79 Å².